The molecule has 13 nitrogen and oxygen atoms in total. The Bertz CT molecular complexity index is 1910. The molecule has 0 bridgehead atoms. The van der Waals surface area contributed by atoms with Crippen molar-refractivity contribution in [2.75, 3.05) is 38.4 Å². The zero-order valence-electron chi connectivity index (χ0n) is 28.1. The summed E-state index contributed by atoms with van der Waals surface area (Å²) in [4.78, 5) is 44.0. The first kappa shape index (κ1) is 36.2. The average Bonchev–Trinajstić information content (AvgIpc) is 3.12. The zero-order valence-corrected chi connectivity index (χ0v) is 28.1. The molecule has 0 fully saturated rings. The van der Waals surface area contributed by atoms with Gasteiger partial charge in [0.2, 0.25) is 0 Å². The number of carbonyl (C=O) groups excluding carboxylic acids is 3. The van der Waals surface area contributed by atoms with Crippen LogP contribution in [0.15, 0.2) is 103 Å². The van der Waals surface area contributed by atoms with Crippen molar-refractivity contribution in [2.24, 2.45) is 0 Å². The van der Waals surface area contributed by atoms with E-state index in [2.05, 4.69) is 25.9 Å². The lowest BCUT2D eigenvalue weighted by Gasteiger charge is -2.12. The monoisotopic (exact) mass is 678 g/mol. The molecular formula is C37H38N6O7. The number of anilines is 2. The van der Waals surface area contributed by atoms with Crippen LogP contribution in [-0.4, -0.2) is 55.0 Å². The normalized spacial score (nSPS) is 10.1. The molecule has 13 heteroatoms. The summed E-state index contributed by atoms with van der Waals surface area (Å²) in [6, 6.07) is 25.5. The van der Waals surface area contributed by atoms with Gasteiger partial charge in [0.05, 0.1) is 13.2 Å². The van der Waals surface area contributed by atoms with Crippen molar-refractivity contribution in [3.8, 4) is 34.5 Å². The summed E-state index contributed by atoms with van der Waals surface area (Å²) in [5.74, 6) is 2.34. The molecule has 5 aromatic rings. The second-order valence-electron chi connectivity index (χ2n) is 10.2. The highest BCUT2D eigenvalue weighted by Crippen LogP contribution is 2.27. The Kier molecular flexibility index (Phi) is 13.1. The van der Waals surface area contributed by atoms with E-state index in [1.807, 2.05) is 13.8 Å². The van der Waals surface area contributed by atoms with Gasteiger partial charge in [0.15, 0.2) is 0 Å². The van der Waals surface area contributed by atoms with Crippen molar-refractivity contribution in [3.63, 3.8) is 0 Å². The van der Waals surface area contributed by atoms with E-state index in [4.69, 9.17) is 24.7 Å². The van der Waals surface area contributed by atoms with Crippen LogP contribution in [0.4, 0.5) is 11.4 Å². The predicted molar refractivity (Wildman–Crippen MR) is 189 cm³/mol. The van der Waals surface area contributed by atoms with Crippen molar-refractivity contribution >= 4 is 29.1 Å². The number of hydrogen-bond acceptors (Lipinski definition) is 10. The number of nitrogen functional groups attached to an aromatic ring is 1. The topological polar surface area (TPSA) is 176 Å². The molecule has 0 saturated carbocycles. The second-order valence-corrected chi connectivity index (χ2v) is 10.2. The number of pyridine rings is 2. The SMILES string of the molecule is CCOc1cc(OCC)cc(C(=O)Nc2cccc(Oc3ccnc(C(=O)NC)c3)c2)c1.CNC(=O)c1cc(Oc2cccc(N)c2)ccn1. The van der Waals surface area contributed by atoms with Gasteiger partial charge in [-0.3, -0.25) is 24.4 Å². The molecule has 0 spiro atoms. The van der Waals surface area contributed by atoms with Gasteiger partial charge in [0, 0.05) is 73.8 Å². The van der Waals surface area contributed by atoms with Crippen LogP contribution in [0.3, 0.4) is 0 Å². The van der Waals surface area contributed by atoms with Gasteiger partial charge in [-0.2, -0.15) is 0 Å². The van der Waals surface area contributed by atoms with E-state index >= 15 is 0 Å². The Morgan fingerprint density at radius 3 is 1.60 bits per heavy atom. The number of nitrogens with one attached hydrogen (secondary N) is 3. The van der Waals surface area contributed by atoms with Gasteiger partial charge in [-0.05, 0) is 62.4 Å². The van der Waals surface area contributed by atoms with Crippen LogP contribution >= 0.6 is 0 Å². The summed E-state index contributed by atoms with van der Waals surface area (Å²) in [5.41, 5.74) is 7.78. The molecule has 0 aliphatic heterocycles. The third kappa shape index (κ3) is 10.7. The van der Waals surface area contributed by atoms with Crippen LogP contribution in [0, 0.1) is 0 Å². The van der Waals surface area contributed by atoms with Crippen molar-refractivity contribution < 1.29 is 33.3 Å². The van der Waals surface area contributed by atoms with Crippen molar-refractivity contribution in [2.45, 2.75) is 13.8 Å². The fraction of sp³-hybridized carbons (Fsp3) is 0.162. The number of amides is 3. The van der Waals surface area contributed by atoms with E-state index in [1.165, 1.54) is 19.4 Å². The Balaban J connectivity index is 0.000000263. The predicted octanol–water partition coefficient (Wildman–Crippen LogP) is 6.10. The third-order valence-corrected chi connectivity index (χ3v) is 6.57. The van der Waals surface area contributed by atoms with E-state index in [0.717, 1.165) is 0 Å². The molecule has 2 heterocycles. The number of aromatic nitrogens is 2. The van der Waals surface area contributed by atoms with Crippen LogP contribution in [0.1, 0.15) is 45.2 Å². The van der Waals surface area contributed by atoms with E-state index in [0.29, 0.717) is 70.3 Å². The van der Waals surface area contributed by atoms with Crippen molar-refractivity contribution in [1.29, 1.82) is 0 Å². The molecule has 5 N–H and O–H groups in total. The van der Waals surface area contributed by atoms with Gasteiger partial charge < -0.3 is 40.6 Å². The summed E-state index contributed by atoms with van der Waals surface area (Å²) in [6.07, 6.45) is 3.01. The Morgan fingerprint density at radius 1 is 0.600 bits per heavy atom. The molecule has 0 unspecified atom stereocenters. The third-order valence-electron chi connectivity index (χ3n) is 6.57. The number of rotatable bonds is 12. The number of nitrogens with zero attached hydrogens (tertiary/aromatic N) is 2. The number of ether oxygens (including phenoxy) is 4. The van der Waals surface area contributed by atoms with Crippen LogP contribution in [0.5, 0.6) is 34.5 Å². The van der Waals surface area contributed by atoms with E-state index in [1.54, 1.807) is 98.0 Å². The highest BCUT2D eigenvalue weighted by atomic mass is 16.5. The molecule has 2 aromatic heterocycles. The van der Waals surface area contributed by atoms with Crippen LogP contribution in [0.2, 0.25) is 0 Å². The molecule has 0 aliphatic carbocycles. The summed E-state index contributed by atoms with van der Waals surface area (Å²) in [5, 5.41) is 7.88. The lowest BCUT2D eigenvalue weighted by Crippen LogP contribution is -2.18. The number of benzene rings is 3. The zero-order chi connectivity index (χ0) is 35.9. The standard InChI is InChI=1S/C24H25N3O5.C13H13N3O2/c1-4-30-20-11-16(12-21(14-20)31-5-2)23(28)27-17-7-6-8-18(13-17)32-19-9-10-26-22(15-19)24(29)25-3;1-15-13(17)12-8-11(5-6-16-12)18-10-4-2-3-9(14)7-10/h6-15H,4-5H2,1-3H3,(H,25,29)(H,27,28);2-8H,14H2,1H3,(H,15,17). The maximum absolute atomic E-state index is 12.8. The number of hydrogen-bond donors (Lipinski definition) is 4. The Hall–Kier alpha value is -6.63. The second kappa shape index (κ2) is 18.1. The summed E-state index contributed by atoms with van der Waals surface area (Å²) < 4.78 is 22.5. The van der Waals surface area contributed by atoms with E-state index < -0.39 is 0 Å². The minimum Gasteiger partial charge on any atom is -0.494 e. The Morgan fingerprint density at radius 2 is 1.10 bits per heavy atom. The van der Waals surface area contributed by atoms with Crippen molar-refractivity contribution in [3.05, 3.63) is 120 Å². The quantitative estimate of drug-likeness (QED) is 0.113. The number of carbonyl (C=O) groups is 3. The summed E-state index contributed by atoms with van der Waals surface area (Å²) >= 11 is 0. The molecule has 0 radical (unpaired) electrons. The molecule has 0 atom stereocenters. The fourth-order valence-electron chi connectivity index (χ4n) is 4.35. The van der Waals surface area contributed by atoms with Gasteiger partial charge in [-0.1, -0.05) is 12.1 Å². The minimum atomic E-state index is -0.310. The minimum absolute atomic E-state index is 0.244. The van der Waals surface area contributed by atoms with Crippen molar-refractivity contribution in [1.82, 2.24) is 20.6 Å². The Labute approximate surface area is 289 Å². The first-order valence-corrected chi connectivity index (χ1v) is 15.6. The van der Waals surface area contributed by atoms with Gasteiger partial charge in [-0.15, -0.1) is 0 Å². The molecule has 0 saturated heterocycles. The number of nitrogens with two attached hydrogens (primary N) is 1. The first-order valence-electron chi connectivity index (χ1n) is 15.6. The molecule has 258 valence electrons. The van der Waals surface area contributed by atoms with Gasteiger partial charge in [0.25, 0.3) is 17.7 Å². The smallest absolute Gasteiger partial charge is 0.269 e. The highest BCUT2D eigenvalue weighted by Gasteiger charge is 2.12. The summed E-state index contributed by atoms with van der Waals surface area (Å²) in [6.45, 7) is 4.71. The molecule has 5 rings (SSSR count). The van der Waals surface area contributed by atoms with Crippen LogP contribution in [-0.2, 0) is 0 Å². The maximum Gasteiger partial charge on any atom is 0.269 e. The highest BCUT2D eigenvalue weighted by molar-refractivity contribution is 6.05. The van der Waals surface area contributed by atoms with Gasteiger partial charge in [-0.25, -0.2) is 0 Å². The molecule has 3 amide bonds. The average molecular weight is 679 g/mol. The largest absolute Gasteiger partial charge is 0.494 e. The lowest BCUT2D eigenvalue weighted by molar-refractivity contribution is 0.0950. The molecule has 50 heavy (non-hydrogen) atoms. The lowest BCUT2D eigenvalue weighted by atomic mass is 10.1. The van der Waals surface area contributed by atoms with Crippen LogP contribution in [0.25, 0.3) is 0 Å². The molecule has 3 aromatic carbocycles. The van der Waals surface area contributed by atoms with Crippen LogP contribution < -0.4 is 40.6 Å². The summed E-state index contributed by atoms with van der Waals surface area (Å²) in [7, 11) is 3.08. The maximum atomic E-state index is 12.8. The van der Waals surface area contributed by atoms with Gasteiger partial charge in [0.1, 0.15) is 45.9 Å². The first-order chi connectivity index (χ1) is 24.2. The fourth-order valence-corrected chi connectivity index (χ4v) is 4.35. The van der Waals surface area contributed by atoms with E-state index in [9.17, 15) is 14.4 Å². The molecule has 0 aliphatic rings. The van der Waals surface area contributed by atoms with Gasteiger partial charge >= 0.3 is 0 Å². The molecular weight excluding hydrogens is 640 g/mol. The van der Waals surface area contributed by atoms with E-state index in [-0.39, 0.29) is 23.4 Å².